The second-order valence-electron chi connectivity index (χ2n) is 7.03. The van der Waals surface area contributed by atoms with Gasteiger partial charge in [0.25, 0.3) is 0 Å². The molecule has 1 atom stereocenters. The molecule has 1 aliphatic rings. The molecule has 1 aromatic heterocycles. The molecule has 29 heavy (non-hydrogen) atoms. The van der Waals surface area contributed by atoms with Crippen molar-refractivity contribution in [3.63, 3.8) is 0 Å². The predicted octanol–water partition coefficient (Wildman–Crippen LogP) is 4.06. The Bertz CT molecular complexity index is 961. The second kappa shape index (κ2) is 8.84. The largest absolute Gasteiger partial charge is 0.492 e. The number of benzene rings is 2. The number of likely N-dealkylation sites (tertiary alicyclic amines) is 1. The minimum Gasteiger partial charge on any atom is -0.492 e. The molecule has 148 valence electrons. The van der Waals surface area contributed by atoms with Gasteiger partial charge in [0.2, 0.25) is 0 Å². The maximum absolute atomic E-state index is 11.5. The number of carbonyl (C=O) groups is 1. The number of hydrogen-bond acceptors (Lipinski definition) is 5. The number of nitrogens with zero attached hydrogens (tertiary/aromatic N) is 3. The fourth-order valence-electron chi connectivity index (χ4n) is 3.77. The van der Waals surface area contributed by atoms with E-state index in [1.807, 2.05) is 36.4 Å². The van der Waals surface area contributed by atoms with E-state index in [9.17, 15) is 9.90 Å². The van der Waals surface area contributed by atoms with Gasteiger partial charge in [0.05, 0.1) is 35.4 Å². The standard InChI is InChI=1S/C23H23N3O3/c27-23(28)19-10-5-4-9-18(19)20-15-25-21(16-24-20)22-11-6-12-26(22)13-14-29-17-7-2-1-3-8-17/h1-5,7-10,15-16,22H,6,11-14H2,(H,27,28). The van der Waals surface area contributed by atoms with E-state index >= 15 is 0 Å². The van der Waals surface area contributed by atoms with Crippen LogP contribution in [0.3, 0.4) is 0 Å². The summed E-state index contributed by atoms with van der Waals surface area (Å²) in [5.74, 6) is -0.0867. The fraction of sp³-hybridized carbons (Fsp3) is 0.261. The quantitative estimate of drug-likeness (QED) is 0.657. The first-order valence-electron chi connectivity index (χ1n) is 9.79. The molecule has 0 bridgehead atoms. The van der Waals surface area contributed by atoms with Crippen LogP contribution in [0.15, 0.2) is 67.0 Å². The van der Waals surface area contributed by atoms with E-state index in [-0.39, 0.29) is 11.6 Å². The number of aromatic carboxylic acids is 1. The molecular formula is C23H23N3O3. The Labute approximate surface area is 169 Å². The molecule has 1 saturated heterocycles. The maximum atomic E-state index is 11.5. The summed E-state index contributed by atoms with van der Waals surface area (Å²) < 4.78 is 5.83. The van der Waals surface area contributed by atoms with Crippen molar-refractivity contribution in [1.29, 1.82) is 0 Å². The van der Waals surface area contributed by atoms with Gasteiger partial charge in [0, 0.05) is 12.1 Å². The number of rotatable bonds is 7. The average molecular weight is 389 g/mol. The minimum absolute atomic E-state index is 0.214. The lowest BCUT2D eigenvalue weighted by Gasteiger charge is -2.23. The van der Waals surface area contributed by atoms with E-state index in [1.54, 1.807) is 30.6 Å². The molecule has 0 aliphatic carbocycles. The van der Waals surface area contributed by atoms with Gasteiger partial charge in [0.1, 0.15) is 12.4 Å². The van der Waals surface area contributed by atoms with Crippen molar-refractivity contribution in [1.82, 2.24) is 14.9 Å². The number of para-hydroxylation sites is 1. The highest BCUT2D eigenvalue weighted by molar-refractivity contribution is 5.95. The van der Waals surface area contributed by atoms with Crippen LogP contribution < -0.4 is 4.74 Å². The molecule has 6 nitrogen and oxygen atoms in total. The third kappa shape index (κ3) is 4.43. The molecule has 6 heteroatoms. The lowest BCUT2D eigenvalue weighted by Crippen LogP contribution is -2.28. The molecule has 1 aliphatic heterocycles. The molecule has 3 aromatic rings. The lowest BCUT2D eigenvalue weighted by molar-refractivity contribution is 0.0697. The number of ether oxygens (including phenoxy) is 1. The van der Waals surface area contributed by atoms with Gasteiger partial charge in [-0.25, -0.2) is 4.79 Å². The zero-order valence-electron chi connectivity index (χ0n) is 16.1. The van der Waals surface area contributed by atoms with Crippen molar-refractivity contribution >= 4 is 5.97 Å². The summed E-state index contributed by atoms with van der Waals surface area (Å²) in [6, 6.07) is 16.9. The van der Waals surface area contributed by atoms with E-state index in [0.717, 1.165) is 37.4 Å². The number of aromatic nitrogens is 2. The van der Waals surface area contributed by atoms with Crippen molar-refractivity contribution in [3.8, 4) is 17.0 Å². The van der Waals surface area contributed by atoms with Crippen LogP contribution in [0, 0.1) is 0 Å². The van der Waals surface area contributed by atoms with Crippen molar-refractivity contribution in [2.24, 2.45) is 0 Å². The zero-order chi connectivity index (χ0) is 20.1. The topological polar surface area (TPSA) is 75.5 Å². The summed E-state index contributed by atoms with van der Waals surface area (Å²) in [5.41, 5.74) is 2.30. The van der Waals surface area contributed by atoms with Crippen molar-refractivity contribution in [2.45, 2.75) is 18.9 Å². The zero-order valence-corrected chi connectivity index (χ0v) is 16.1. The summed E-state index contributed by atoms with van der Waals surface area (Å²) in [4.78, 5) is 23.0. The molecule has 0 amide bonds. The van der Waals surface area contributed by atoms with E-state index < -0.39 is 5.97 Å². The third-order valence-electron chi connectivity index (χ3n) is 5.20. The normalized spacial score (nSPS) is 16.6. The Morgan fingerprint density at radius 2 is 1.86 bits per heavy atom. The molecular weight excluding hydrogens is 366 g/mol. The van der Waals surface area contributed by atoms with Crippen LogP contribution in [0.2, 0.25) is 0 Å². The number of carboxylic acid groups (broad SMARTS) is 1. The predicted molar refractivity (Wildman–Crippen MR) is 110 cm³/mol. The van der Waals surface area contributed by atoms with Gasteiger partial charge >= 0.3 is 5.97 Å². The van der Waals surface area contributed by atoms with Gasteiger partial charge in [-0.3, -0.25) is 14.9 Å². The van der Waals surface area contributed by atoms with Gasteiger partial charge in [0.15, 0.2) is 0 Å². The van der Waals surface area contributed by atoms with Gasteiger partial charge in [-0.15, -0.1) is 0 Å². The molecule has 0 spiro atoms. The van der Waals surface area contributed by atoms with Crippen LogP contribution >= 0.6 is 0 Å². The first-order chi connectivity index (χ1) is 14.2. The van der Waals surface area contributed by atoms with Crippen LogP contribution in [-0.4, -0.2) is 45.6 Å². The molecule has 4 rings (SSSR count). The Hall–Kier alpha value is -3.25. The van der Waals surface area contributed by atoms with Crippen molar-refractivity contribution < 1.29 is 14.6 Å². The minimum atomic E-state index is -0.966. The third-order valence-corrected chi connectivity index (χ3v) is 5.20. The SMILES string of the molecule is O=C(O)c1ccccc1-c1cnc(C2CCCN2CCOc2ccccc2)cn1. The Morgan fingerprint density at radius 3 is 2.62 bits per heavy atom. The van der Waals surface area contributed by atoms with Gasteiger partial charge in [-0.1, -0.05) is 36.4 Å². The summed E-state index contributed by atoms with van der Waals surface area (Å²) in [7, 11) is 0. The van der Waals surface area contributed by atoms with Gasteiger partial charge in [-0.2, -0.15) is 0 Å². The number of carboxylic acids is 1. The first kappa shape index (κ1) is 19.1. The fourth-order valence-corrected chi connectivity index (χ4v) is 3.77. The smallest absolute Gasteiger partial charge is 0.336 e. The molecule has 0 radical (unpaired) electrons. The molecule has 1 unspecified atom stereocenters. The maximum Gasteiger partial charge on any atom is 0.336 e. The first-order valence-corrected chi connectivity index (χ1v) is 9.79. The second-order valence-corrected chi connectivity index (χ2v) is 7.03. The monoisotopic (exact) mass is 389 g/mol. The Morgan fingerprint density at radius 1 is 1.07 bits per heavy atom. The van der Waals surface area contributed by atoms with E-state index in [2.05, 4.69) is 14.9 Å². The van der Waals surface area contributed by atoms with E-state index in [4.69, 9.17) is 4.74 Å². The highest BCUT2D eigenvalue weighted by Gasteiger charge is 2.27. The van der Waals surface area contributed by atoms with Gasteiger partial charge < -0.3 is 9.84 Å². The van der Waals surface area contributed by atoms with Gasteiger partial charge in [-0.05, 0) is 37.6 Å². The summed E-state index contributed by atoms with van der Waals surface area (Å²) >= 11 is 0. The molecule has 2 aromatic carbocycles. The van der Waals surface area contributed by atoms with Crippen LogP contribution in [0.5, 0.6) is 5.75 Å². The lowest BCUT2D eigenvalue weighted by atomic mass is 10.0. The van der Waals surface area contributed by atoms with Crippen LogP contribution in [0.4, 0.5) is 0 Å². The molecule has 2 heterocycles. The van der Waals surface area contributed by atoms with Crippen LogP contribution in [-0.2, 0) is 0 Å². The summed E-state index contributed by atoms with van der Waals surface area (Å²) in [6.07, 6.45) is 5.59. The van der Waals surface area contributed by atoms with Crippen LogP contribution in [0.25, 0.3) is 11.3 Å². The number of hydrogen-bond donors (Lipinski definition) is 1. The molecule has 0 saturated carbocycles. The van der Waals surface area contributed by atoms with E-state index in [1.165, 1.54) is 0 Å². The Kier molecular flexibility index (Phi) is 5.81. The average Bonchev–Trinajstić information content (AvgIpc) is 3.23. The van der Waals surface area contributed by atoms with Crippen molar-refractivity contribution in [2.75, 3.05) is 19.7 Å². The highest BCUT2D eigenvalue weighted by Crippen LogP contribution is 2.31. The molecule has 1 fully saturated rings. The van der Waals surface area contributed by atoms with Crippen molar-refractivity contribution in [3.05, 3.63) is 78.2 Å². The van der Waals surface area contributed by atoms with E-state index in [0.29, 0.717) is 17.9 Å². The van der Waals surface area contributed by atoms with Crippen LogP contribution in [0.1, 0.15) is 34.9 Å². The highest BCUT2D eigenvalue weighted by atomic mass is 16.5. The molecule has 1 N–H and O–H groups in total. The summed E-state index contributed by atoms with van der Waals surface area (Å²) in [6.45, 7) is 2.46. The summed E-state index contributed by atoms with van der Waals surface area (Å²) in [5, 5.41) is 9.39. The Balaban J connectivity index is 1.43.